The molecule has 7 nitrogen and oxygen atoms in total. The summed E-state index contributed by atoms with van der Waals surface area (Å²) in [6, 6.07) is -0.469. The van der Waals surface area contributed by atoms with Crippen LogP contribution in [0.3, 0.4) is 0 Å². The van der Waals surface area contributed by atoms with Crippen molar-refractivity contribution in [1.29, 1.82) is 0 Å². The van der Waals surface area contributed by atoms with Crippen molar-refractivity contribution in [2.45, 2.75) is 12.1 Å². The van der Waals surface area contributed by atoms with Crippen LogP contribution in [0.15, 0.2) is 0 Å². The number of amides is 1. The fraction of sp³-hybridized carbons (Fsp3) is 0.818. The first-order valence-corrected chi connectivity index (χ1v) is 5.99. The number of nitrogens with one attached hydrogen (secondary N) is 2. The lowest BCUT2D eigenvalue weighted by Gasteiger charge is -2.21. The van der Waals surface area contributed by atoms with Gasteiger partial charge in [-0.2, -0.15) is 0 Å². The summed E-state index contributed by atoms with van der Waals surface area (Å²) in [6.07, 6.45) is 0. The van der Waals surface area contributed by atoms with Gasteiger partial charge >= 0.3 is 5.97 Å². The number of carboxylic acids is 1. The van der Waals surface area contributed by atoms with Crippen LogP contribution < -0.4 is 10.6 Å². The average molecular weight is 258 g/mol. The third-order valence-electron chi connectivity index (χ3n) is 3.51. The molecule has 102 valence electrons. The molecular weight excluding hydrogens is 240 g/mol. The van der Waals surface area contributed by atoms with Crippen LogP contribution in [0.1, 0.15) is 0 Å². The van der Waals surface area contributed by atoms with Gasteiger partial charge in [0.1, 0.15) is 5.92 Å². The summed E-state index contributed by atoms with van der Waals surface area (Å²) in [4.78, 5) is 23.0. The van der Waals surface area contributed by atoms with Gasteiger partial charge in [-0.25, -0.2) is 0 Å². The maximum absolute atomic E-state index is 12.1. The van der Waals surface area contributed by atoms with E-state index in [-0.39, 0.29) is 31.1 Å². The van der Waals surface area contributed by atoms with Crippen LogP contribution in [0.25, 0.3) is 0 Å². The second-order valence-corrected chi connectivity index (χ2v) is 4.64. The molecule has 0 saturated carbocycles. The second-order valence-electron chi connectivity index (χ2n) is 4.64. The number of likely N-dealkylation sites (N-methyl/N-ethyl adjacent to an activating group) is 1. The highest BCUT2D eigenvalue weighted by Crippen LogP contribution is 2.17. The molecule has 18 heavy (non-hydrogen) atoms. The molecule has 1 amide bonds. The molecule has 2 rings (SSSR count). The highest BCUT2D eigenvalue weighted by molar-refractivity contribution is 5.81. The maximum Gasteiger partial charge on any atom is 0.311 e. The Morgan fingerprint density at radius 3 is 2.28 bits per heavy atom. The van der Waals surface area contributed by atoms with Gasteiger partial charge in [0.05, 0.1) is 38.4 Å². The minimum atomic E-state index is -0.939. The zero-order valence-corrected chi connectivity index (χ0v) is 10.2. The van der Waals surface area contributed by atoms with Crippen LogP contribution in [0.4, 0.5) is 0 Å². The molecule has 3 N–H and O–H groups in total. The van der Waals surface area contributed by atoms with E-state index in [0.717, 1.165) is 0 Å². The Hall–Kier alpha value is -1.18. The summed E-state index contributed by atoms with van der Waals surface area (Å²) in [5, 5.41) is 14.8. The molecule has 0 spiro atoms. The Morgan fingerprint density at radius 2 is 1.67 bits per heavy atom. The Bertz CT molecular complexity index is 335. The molecule has 0 aromatic carbocycles. The van der Waals surface area contributed by atoms with Crippen LogP contribution in [0.5, 0.6) is 0 Å². The number of ether oxygens (including phenoxy) is 2. The van der Waals surface area contributed by atoms with E-state index in [9.17, 15) is 9.59 Å². The summed E-state index contributed by atoms with van der Waals surface area (Å²) in [5.74, 6) is -2.05. The molecule has 7 heteroatoms. The minimum Gasteiger partial charge on any atom is -0.481 e. The van der Waals surface area contributed by atoms with Crippen LogP contribution in [0, 0.1) is 11.8 Å². The first-order valence-electron chi connectivity index (χ1n) is 5.99. The van der Waals surface area contributed by atoms with Crippen LogP contribution in [-0.2, 0) is 19.1 Å². The minimum absolute atomic E-state index is 0.0180. The summed E-state index contributed by atoms with van der Waals surface area (Å²) in [7, 11) is 1.78. The molecule has 4 atom stereocenters. The van der Waals surface area contributed by atoms with Crippen molar-refractivity contribution in [2.24, 2.45) is 11.8 Å². The van der Waals surface area contributed by atoms with E-state index in [2.05, 4.69) is 10.6 Å². The van der Waals surface area contributed by atoms with Gasteiger partial charge in [0.15, 0.2) is 0 Å². The zero-order valence-electron chi connectivity index (χ0n) is 10.2. The zero-order chi connectivity index (χ0) is 13.1. The number of carbonyl (C=O) groups excluding carboxylic acids is 1. The van der Waals surface area contributed by atoms with Crippen LogP contribution in [0.2, 0.25) is 0 Å². The summed E-state index contributed by atoms with van der Waals surface area (Å²) in [6.45, 7) is 1.26. The van der Waals surface area contributed by atoms with Gasteiger partial charge < -0.3 is 25.2 Å². The first-order chi connectivity index (χ1) is 8.63. The highest BCUT2D eigenvalue weighted by atomic mass is 16.5. The predicted octanol–water partition coefficient (Wildman–Crippen LogP) is -1.56. The van der Waals surface area contributed by atoms with Crippen LogP contribution in [-0.4, -0.2) is 62.5 Å². The van der Waals surface area contributed by atoms with Gasteiger partial charge in [0, 0.05) is 6.04 Å². The molecule has 0 aliphatic carbocycles. The molecule has 2 heterocycles. The topological polar surface area (TPSA) is 96.9 Å². The standard InChI is InChI=1S/C11H18N2O5/c1-12-8-4-17-2-6(8)10(14)13-9-5-18-3-7(9)11(15)16/h6-9,12H,2-5H2,1H3,(H,13,14)(H,15,16). The fourth-order valence-electron chi connectivity index (χ4n) is 2.33. The third-order valence-corrected chi connectivity index (χ3v) is 3.51. The summed E-state index contributed by atoms with van der Waals surface area (Å²) < 4.78 is 10.4. The molecular formula is C11H18N2O5. The number of carboxylic acid groups (broad SMARTS) is 1. The molecule has 4 unspecified atom stereocenters. The first kappa shape index (κ1) is 13.3. The van der Waals surface area contributed by atoms with E-state index in [4.69, 9.17) is 14.6 Å². The molecule has 2 aliphatic rings. The van der Waals surface area contributed by atoms with Crippen LogP contribution >= 0.6 is 0 Å². The number of aliphatic carboxylic acids is 1. The Morgan fingerprint density at radius 1 is 1.06 bits per heavy atom. The molecule has 0 radical (unpaired) electrons. The molecule has 2 fully saturated rings. The average Bonchev–Trinajstić information content (AvgIpc) is 2.96. The largest absolute Gasteiger partial charge is 0.481 e. The van der Waals surface area contributed by atoms with Gasteiger partial charge in [0.2, 0.25) is 5.91 Å². The van der Waals surface area contributed by atoms with E-state index in [1.807, 2.05) is 0 Å². The molecule has 0 aromatic heterocycles. The van der Waals surface area contributed by atoms with Crippen molar-refractivity contribution >= 4 is 11.9 Å². The van der Waals surface area contributed by atoms with Crippen molar-refractivity contribution < 1.29 is 24.2 Å². The van der Waals surface area contributed by atoms with E-state index in [0.29, 0.717) is 13.2 Å². The van der Waals surface area contributed by atoms with Crippen molar-refractivity contribution in [3.05, 3.63) is 0 Å². The quantitative estimate of drug-likeness (QED) is 0.564. The number of rotatable bonds is 4. The Balaban J connectivity index is 1.92. The van der Waals surface area contributed by atoms with Gasteiger partial charge in [-0.1, -0.05) is 0 Å². The molecule has 2 saturated heterocycles. The lowest BCUT2D eigenvalue weighted by Crippen LogP contribution is -2.49. The SMILES string of the molecule is CNC1COCC1C(=O)NC1COCC1C(=O)O. The smallest absolute Gasteiger partial charge is 0.311 e. The van der Waals surface area contributed by atoms with E-state index < -0.39 is 17.9 Å². The van der Waals surface area contributed by atoms with Gasteiger partial charge in [-0.3, -0.25) is 9.59 Å². The highest BCUT2D eigenvalue weighted by Gasteiger charge is 2.39. The van der Waals surface area contributed by atoms with Crippen molar-refractivity contribution in [1.82, 2.24) is 10.6 Å². The van der Waals surface area contributed by atoms with E-state index in [1.54, 1.807) is 7.05 Å². The summed E-state index contributed by atoms with van der Waals surface area (Å²) in [5.41, 5.74) is 0. The van der Waals surface area contributed by atoms with Gasteiger partial charge in [-0.15, -0.1) is 0 Å². The number of hydrogen-bond donors (Lipinski definition) is 3. The summed E-state index contributed by atoms with van der Waals surface area (Å²) >= 11 is 0. The van der Waals surface area contributed by atoms with Crippen molar-refractivity contribution in [3.63, 3.8) is 0 Å². The van der Waals surface area contributed by atoms with Gasteiger partial charge in [0.25, 0.3) is 0 Å². The number of hydrogen-bond acceptors (Lipinski definition) is 5. The normalized spacial score (nSPS) is 35.6. The maximum atomic E-state index is 12.1. The van der Waals surface area contributed by atoms with Crippen molar-refractivity contribution in [2.75, 3.05) is 33.5 Å². The molecule has 2 aliphatic heterocycles. The third kappa shape index (κ3) is 2.63. The molecule has 0 aromatic rings. The van der Waals surface area contributed by atoms with E-state index >= 15 is 0 Å². The lowest BCUT2D eigenvalue weighted by molar-refractivity contribution is -0.142. The predicted molar refractivity (Wildman–Crippen MR) is 61.0 cm³/mol. The fourth-order valence-corrected chi connectivity index (χ4v) is 2.33. The Labute approximate surface area is 105 Å². The number of carbonyl (C=O) groups is 2. The van der Waals surface area contributed by atoms with E-state index in [1.165, 1.54) is 0 Å². The monoisotopic (exact) mass is 258 g/mol. The van der Waals surface area contributed by atoms with Crippen molar-refractivity contribution in [3.8, 4) is 0 Å². The van der Waals surface area contributed by atoms with Gasteiger partial charge in [-0.05, 0) is 7.05 Å². The second kappa shape index (κ2) is 5.64. The molecule has 0 bridgehead atoms. The lowest BCUT2D eigenvalue weighted by atomic mass is 10.00. The Kier molecular flexibility index (Phi) is 4.15.